The van der Waals surface area contributed by atoms with Gasteiger partial charge in [0.2, 0.25) is 17.7 Å². The maximum atomic E-state index is 13.9. The molecule has 4 heterocycles. The Morgan fingerprint density at radius 2 is 1.87 bits per heavy atom. The molecule has 7 heteroatoms. The van der Waals surface area contributed by atoms with Crippen molar-refractivity contribution < 1.29 is 14.4 Å². The summed E-state index contributed by atoms with van der Waals surface area (Å²) in [5, 5.41) is 3.08. The molecule has 6 rings (SSSR count). The summed E-state index contributed by atoms with van der Waals surface area (Å²) in [6.07, 6.45) is 1.73. The number of amides is 3. The highest BCUT2D eigenvalue weighted by Crippen LogP contribution is 2.61. The summed E-state index contributed by atoms with van der Waals surface area (Å²) >= 11 is 3.49. The van der Waals surface area contributed by atoms with Gasteiger partial charge in [0.15, 0.2) is 0 Å². The van der Waals surface area contributed by atoms with Crippen molar-refractivity contribution in [2.75, 3.05) is 16.8 Å². The molecule has 1 spiro atoms. The van der Waals surface area contributed by atoms with Crippen molar-refractivity contribution in [2.24, 2.45) is 11.8 Å². The van der Waals surface area contributed by atoms with Crippen LogP contribution in [0.15, 0.2) is 40.9 Å². The summed E-state index contributed by atoms with van der Waals surface area (Å²) in [4.78, 5) is 44.9. The highest BCUT2D eigenvalue weighted by molar-refractivity contribution is 9.10. The molecule has 158 valence electrons. The molecule has 0 aromatic heterocycles. The van der Waals surface area contributed by atoms with Crippen LogP contribution in [0.5, 0.6) is 0 Å². The number of halogens is 1. The number of carbonyl (C=O) groups is 3. The minimum atomic E-state index is -1.12. The Labute approximate surface area is 188 Å². The number of aryl methyl sites for hydroxylation is 2. The van der Waals surface area contributed by atoms with Crippen LogP contribution in [-0.2, 0) is 19.9 Å². The van der Waals surface area contributed by atoms with E-state index >= 15 is 0 Å². The minimum Gasteiger partial charge on any atom is -0.324 e. The lowest BCUT2D eigenvalue weighted by Gasteiger charge is -2.37. The van der Waals surface area contributed by atoms with E-state index in [-0.39, 0.29) is 23.8 Å². The first-order valence-electron chi connectivity index (χ1n) is 10.7. The van der Waals surface area contributed by atoms with Crippen molar-refractivity contribution in [1.29, 1.82) is 0 Å². The van der Waals surface area contributed by atoms with Crippen LogP contribution in [-0.4, -0.2) is 35.2 Å². The molecule has 4 aliphatic heterocycles. The molecule has 3 fully saturated rings. The Morgan fingerprint density at radius 3 is 2.65 bits per heavy atom. The van der Waals surface area contributed by atoms with Crippen LogP contribution < -0.4 is 10.2 Å². The molecule has 0 radical (unpaired) electrons. The van der Waals surface area contributed by atoms with Gasteiger partial charge in [0.25, 0.3) is 0 Å². The molecule has 0 saturated carbocycles. The Bertz CT molecular complexity index is 1190. The van der Waals surface area contributed by atoms with E-state index in [0.717, 1.165) is 35.2 Å². The van der Waals surface area contributed by atoms with Crippen molar-refractivity contribution in [3.63, 3.8) is 0 Å². The molecule has 6 nitrogen and oxygen atoms in total. The molecular formula is C24H22BrN3O3. The third-order valence-corrected chi connectivity index (χ3v) is 8.21. The predicted molar refractivity (Wildman–Crippen MR) is 120 cm³/mol. The van der Waals surface area contributed by atoms with E-state index in [2.05, 4.69) is 26.1 Å². The van der Waals surface area contributed by atoms with Gasteiger partial charge in [-0.1, -0.05) is 29.8 Å². The van der Waals surface area contributed by atoms with Gasteiger partial charge in [0.05, 0.1) is 17.5 Å². The number of fused-ring (bicyclic) bond motifs is 7. The average molecular weight is 480 g/mol. The van der Waals surface area contributed by atoms with Gasteiger partial charge >= 0.3 is 0 Å². The first kappa shape index (κ1) is 19.2. The lowest BCUT2D eigenvalue weighted by atomic mass is 9.75. The number of anilines is 2. The normalized spacial score (nSPS) is 31.4. The number of imide groups is 1. The zero-order chi connectivity index (χ0) is 21.7. The van der Waals surface area contributed by atoms with Crippen LogP contribution in [0, 0.1) is 25.7 Å². The summed E-state index contributed by atoms with van der Waals surface area (Å²) < 4.78 is 0.692. The zero-order valence-corrected chi connectivity index (χ0v) is 18.9. The van der Waals surface area contributed by atoms with Gasteiger partial charge in [0, 0.05) is 21.8 Å². The van der Waals surface area contributed by atoms with Crippen LogP contribution in [0.3, 0.4) is 0 Å². The Kier molecular flexibility index (Phi) is 3.88. The Hall–Kier alpha value is -2.51. The van der Waals surface area contributed by atoms with E-state index in [0.29, 0.717) is 16.7 Å². The highest BCUT2D eigenvalue weighted by atomic mass is 79.9. The molecule has 3 saturated heterocycles. The summed E-state index contributed by atoms with van der Waals surface area (Å²) in [7, 11) is 0. The van der Waals surface area contributed by atoms with E-state index in [1.54, 1.807) is 6.07 Å². The lowest BCUT2D eigenvalue weighted by molar-refractivity contribution is -0.135. The van der Waals surface area contributed by atoms with Crippen LogP contribution in [0.2, 0.25) is 0 Å². The van der Waals surface area contributed by atoms with Crippen molar-refractivity contribution in [1.82, 2.24) is 4.90 Å². The topological polar surface area (TPSA) is 69.7 Å². The van der Waals surface area contributed by atoms with Gasteiger partial charge < -0.3 is 5.32 Å². The zero-order valence-electron chi connectivity index (χ0n) is 17.3. The molecule has 3 amide bonds. The van der Waals surface area contributed by atoms with Crippen LogP contribution in [0.25, 0.3) is 0 Å². The first-order valence-corrected chi connectivity index (χ1v) is 11.5. The van der Waals surface area contributed by atoms with Gasteiger partial charge in [-0.25, -0.2) is 4.90 Å². The Morgan fingerprint density at radius 1 is 1.10 bits per heavy atom. The minimum absolute atomic E-state index is 0.105. The average Bonchev–Trinajstić information content (AvgIpc) is 3.42. The number of nitrogens with one attached hydrogen (secondary N) is 1. The summed E-state index contributed by atoms with van der Waals surface area (Å²) in [5.41, 5.74) is 3.10. The number of nitrogens with zero attached hydrogens (tertiary/aromatic N) is 2. The lowest BCUT2D eigenvalue weighted by Crippen LogP contribution is -2.54. The van der Waals surface area contributed by atoms with E-state index in [4.69, 9.17) is 0 Å². The van der Waals surface area contributed by atoms with Crippen LogP contribution in [0.4, 0.5) is 11.4 Å². The number of hydrogen-bond acceptors (Lipinski definition) is 4. The maximum Gasteiger partial charge on any atom is 0.250 e. The molecule has 2 aromatic rings. The van der Waals surface area contributed by atoms with Crippen molar-refractivity contribution in [3.05, 3.63) is 57.6 Å². The van der Waals surface area contributed by atoms with Gasteiger partial charge in [-0.05, 0) is 66.9 Å². The maximum absolute atomic E-state index is 13.9. The second kappa shape index (κ2) is 6.26. The summed E-state index contributed by atoms with van der Waals surface area (Å²) in [6.45, 7) is 4.70. The van der Waals surface area contributed by atoms with Gasteiger partial charge in [-0.15, -0.1) is 0 Å². The molecule has 0 unspecified atom stereocenters. The van der Waals surface area contributed by atoms with Gasteiger partial charge in [0.1, 0.15) is 5.54 Å². The number of carbonyl (C=O) groups excluding carboxylic acids is 3. The van der Waals surface area contributed by atoms with E-state index in [1.807, 2.05) is 44.2 Å². The second-order valence-electron chi connectivity index (χ2n) is 9.09. The molecule has 1 N–H and O–H groups in total. The number of para-hydroxylation sites is 1. The van der Waals surface area contributed by atoms with Crippen molar-refractivity contribution in [2.45, 2.75) is 38.3 Å². The molecule has 4 aliphatic rings. The smallest absolute Gasteiger partial charge is 0.250 e. The fourth-order valence-electron chi connectivity index (χ4n) is 6.53. The summed E-state index contributed by atoms with van der Waals surface area (Å²) in [6, 6.07) is 11.2. The SMILES string of the molecule is Cc1cc(C)c2c(c1)[C@]1(C(=O)N2)[C@@H]2C(=O)N(c3ccccc3Br)C(=O)[C@@H]2[C@@H]2CCCN21. The number of benzene rings is 2. The van der Waals surface area contributed by atoms with Gasteiger partial charge in [-0.3, -0.25) is 19.3 Å². The van der Waals surface area contributed by atoms with Crippen molar-refractivity contribution in [3.8, 4) is 0 Å². The monoisotopic (exact) mass is 479 g/mol. The molecule has 0 aliphatic carbocycles. The van der Waals surface area contributed by atoms with E-state index in [9.17, 15) is 14.4 Å². The second-order valence-corrected chi connectivity index (χ2v) is 9.95. The Balaban J connectivity index is 1.60. The summed E-state index contributed by atoms with van der Waals surface area (Å²) in [5.74, 6) is -1.88. The number of hydrogen-bond donors (Lipinski definition) is 1. The van der Waals surface area contributed by atoms with Gasteiger partial charge in [-0.2, -0.15) is 0 Å². The third-order valence-electron chi connectivity index (χ3n) is 7.54. The standard InChI is InChI=1S/C24H22BrN3O3/c1-12-10-13(2)20-14(11-12)24(23(31)26-20)19-18(17-8-5-9-27(17)24)21(29)28(22(19)30)16-7-4-3-6-15(16)25/h3-4,6-7,10-11,17-19H,5,8-9H2,1-2H3,(H,26,31)/t17-,18+,19-,24+/m0/s1. The van der Waals surface area contributed by atoms with E-state index in [1.165, 1.54) is 4.90 Å². The predicted octanol–water partition coefficient (Wildman–Crippen LogP) is 3.50. The van der Waals surface area contributed by atoms with Crippen LogP contribution >= 0.6 is 15.9 Å². The highest BCUT2D eigenvalue weighted by Gasteiger charge is 2.74. The molecule has 31 heavy (non-hydrogen) atoms. The first-order chi connectivity index (χ1) is 14.9. The van der Waals surface area contributed by atoms with Crippen molar-refractivity contribution >= 4 is 45.0 Å². The molecule has 2 aromatic carbocycles. The molecule has 0 bridgehead atoms. The third kappa shape index (κ3) is 2.18. The fraction of sp³-hybridized carbons (Fsp3) is 0.375. The molecular weight excluding hydrogens is 458 g/mol. The van der Waals surface area contributed by atoms with Crippen LogP contribution in [0.1, 0.15) is 29.5 Å². The molecule has 4 atom stereocenters. The largest absolute Gasteiger partial charge is 0.324 e. The fourth-order valence-corrected chi connectivity index (χ4v) is 6.99. The number of rotatable bonds is 1. The van der Waals surface area contributed by atoms with E-state index < -0.39 is 17.4 Å². The quantitative estimate of drug-likeness (QED) is 0.635.